The van der Waals surface area contributed by atoms with Crippen molar-refractivity contribution >= 4 is 29.9 Å². The fourth-order valence-corrected chi connectivity index (χ4v) is 2.05. The molecule has 0 saturated heterocycles. The van der Waals surface area contributed by atoms with Crippen LogP contribution in [0.1, 0.15) is 53.9 Å². The SMILES string of the molecule is CCNC(=NCC1(CCOCC)CC1)NC(C)C(C)C.I. The fraction of sp³-hybridized carbons (Fsp3) is 0.938. The van der Waals surface area contributed by atoms with Gasteiger partial charge in [0, 0.05) is 32.3 Å². The second-order valence-electron chi connectivity index (χ2n) is 6.32. The number of nitrogens with zero attached hydrogens (tertiary/aromatic N) is 1. The van der Waals surface area contributed by atoms with E-state index < -0.39 is 0 Å². The summed E-state index contributed by atoms with van der Waals surface area (Å²) in [6, 6.07) is 0.436. The Morgan fingerprint density at radius 2 is 1.90 bits per heavy atom. The van der Waals surface area contributed by atoms with Gasteiger partial charge in [0.05, 0.1) is 0 Å². The summed E-state index contributed by atoms with van der Waals surface area (Å²) in [4.78, 5) is 4.79. The smallest absolute Gasteiger partial charge is 0.191 e. The first-order valence-electron chi connectivity index (χ1n) is 8.15. The Morgan fingerprint density at radius 1 is 1.24 bits per heavy atom. The quantitative estimate of drug-likeness (QED) is 0.265. The number of hydrogen-bond donors (Lipinski definition) is 2. The van der Waals surface area contributed by atoms with Crippen molar-refractivity contribution in [3.63, 3.8) is 0 Å². The molecule has 1 aliphatic rings. The second kappa shape index (κ2) is 10.6. The highest BCUT2D eigenvalue weighted by Gasteiger charge is 2.41. The third-order valence-corrected chi connectivity index (χ3v) is 4.22. The normalized spacial score (nSPS) is 18.1. The molecule has 0 aromatic heterocycles. The zero-order chi connectivity index (χ0) is 15.0. The van der Waals surface area contributed by atoms with Gasteiger partial charge in [0.15, 0.2) is 5.96 Å². The molecule has 1 unspecified atom stereocenters. The van der Waals surface area contributed by atoms with E-state index in [2.05, 4.69) is 45.3 Å². The monoisotopic (exact) mass is 411 g/mol. The van der Waals surface area contributed by atoms with Crippen molar-refractivity contribution in [2.75, 3.05) is 26.3 Å². The van der Waals surface area contributed by atoms with E-state index in [1.165, 1.54) is 12.8 Å². The molecule has 0 aromatic rings. The van der Waals surface area contributed by atoms with E-state index in [0.29, 0.717) is 17.4 Å². The van der Waals surface area contributed by atoms with Crippen molar-refractivity contribution in [1.29, 1.82) is 0 Å². The Hall–Kier alpha value is -0.0400. The lowest BCUT2D eigenvalue weighted by atomic mass is 10.0. The van der Waals surface area contributed by atoms with E-state index in [1.54, 1.807) is 0 Å². The molecular weight excluding hydrogens is 377 g/mol. The molecule has 2 N–H and O–H groups in total. The standard InChI is InChI=1S/C16H33N3O.HI/c1-6-17-15(19-14(5)13(3)4)18-12-16(8-9-16)10-11-20-7-2;/h13-14H,6-12H2,1-5H3,(H2,17,18,19);1H. The first-order valence-corrected chi connectivity index (χ1v) is 8.15. The van der Waals surface area contributed by atoms with E-state index in [-0.39, 0.29) is 24.0 Å². The predicted molar refractivity (Wildman–Crippen MR) is 102 cm³/mol. The van der Waals surface area contributed by atoms with Crippen LogP contribution in [0.25, 0.3) is 0 Å². The summed E-state index contributed by atoms with van der Waals surface area (Å²) >= 11 is 0. The topological polar surface area (TPSA) is 45.7 Å². The van der Waals surface area contributed by atoms with Crippen LogP contribution in [0.3, 0.4) is 0 Å². The van der Waals surface area contributed by atoms with Crippen LogP contribution < -0.4 is 10.6 Å². The van der Waals surface area contributed by atoms with E-state index in [1.807, 2.05) is 0 Å². The highest BCUT2D eigenvalue weighted by Crippen LogP contribution is 2.48. The third-order valence-electron chi connectivity index (χ3n) is 4.22. The van der Waals surface area contributed by atoms with Crippen molar-refractivity contribution in [3.8, 4) is 0 Å². The molecule has 5 heteroatoms. The van der Waals surface area contributed by atoms with Gasteiger partial charge in [-0.25, -0.2) is 0 Å². The average Bonchev–Trinajstić information content (AvgIpc) is 3.17. The minimum Gasteiger partial charge on any atom is -0.382 e. The number of guanidine groups is 1. The minimum absolute atomic E-state index is 0. The first-order chi connectivity index (χ1) is 9.53. The molecule has 21 heavy (non-hydrogen) atoms. The van der Waals surface area contributed by atoms with Gasteiger partial charge >= 0.3 is 0 Å². The van der Waals surface area contributed by atoms with E-state index in [4.69, 9.17) is 9.73 Å². The van der Waals surface area contributed by atoms with Crippen LogP contribution >= 0.6 is 24.0 Å². The lowest BCUT2D eigenvalue weighted by Crippen LogP contribution is -2.44. The van der Waals surface area contributed by atoms with Gasteiger partial charge in [0.2, 0.25) is 0 Å². The Morgan fingerprint density at radius 3 is 2.38 bits per heavy atom. The van der Waals surface area contributed by atoms with Gasteiger partial charge in [-0.3, -0.25) is 4.99 Å². The number of halogens is 1. The van der Waals surface area contributed by atoms with E-state index in [9.17, 15) is 0 Å². The number of nitrogens with one attached hydrogen (secondary N) is 2. The zero-order valence-electron chi connectivity index (χ0n) is 14.4. The summed E-state index contributed by atoms with van der Waals surface area (Å²) < 4.78 is 5.48. The maximum absolute atomic E-state index is 5.48. The van der Waals surface area contributed by atoms with Crippen LogP contribution in [0.4, 0.5) is 0 Å². The third kappa shape index (κ3) is 8.24. The summed E-state index contributed by atoms with van der Waals surface area (Å²) in [5, 5.41) is 6.84. The molecule has 1 saturated carbocycles. The van der Waals surface area contributed by atoms with Crippen molar-refractivity contribution in [2.45, 2.75) is 59.9 Å². The molecule has 4 nitrogen and oxygen atoms in total. The maximum Gasteiger partial charge on any atom is 0.191 e. The van der Waals surface area contributed by atoms with E-state index >= 15 is 0 Å². The van der Waals surface area contributed by atoms with Gasteiger partial charge < -0.3 is 15.4 Å². The van der Waals surface area contributed by atoms with Gasteiger partial charge in [-0.2, -0.15) is 0 Å². The summed E-state index contributed by atoms with van der Waals surface area (Å²) in [7, 11) is 0. The minimum atomic E-state index is 0. The van der Waals surface area contributed by atoms with Gasteiger partial charge in [-0.05, 0) is 51.4 Å². The molecule has 1 atom stereocenters. The largest absolute Gasteiger partial charge is 0.382 e. The van der Waals surface area contributed by atoms with Crippen LogP contribution in [0.5, 0.6) is 0 Å². The Bertz CT molecular complexity index is 304. The number of rotatable bonds is 9. The van der Waals surface area contributed by atoms with Crippen LogP contribution in [-0.4, -0.2) is 38.3 Å². The predicted octanol–water partition coefficient (Wildman–Crippen LogP) is 3.41. The van der Waals surface area contributed by atoms with Crippen LogP contribution in [0.15, 0.2) is 4.99 Å². The molecule has 0 aromatic carbocycles. The summed E-state index contributed by atoms with van der Waals surface area (Å²) in [5.74, 6) is 1.56. The van der Waals surface area contributed by atoms with Crippen molar-refractivity contribution < 1.29 is 4.74 Å². The number of ether oxygens (including phenoxy) is 1. The highest BCUT2D eigenvalue weighted by molar-refractivity contribution is 14.0. The van der Waals surface area contributed by atoms with Gasteiger partial charge in [-0.15, -0.1) is 24.0 Å². The maximum atomic E-state index is 5.48. The van der Waals surface area contributed by atoms with Gasteiger partial charge in [0.1, 0.15) is 0 Å². The zero-order valence-corrected chi connectivity index (χ0v) is 16.7. The van der Waals surface area contributed by atoms with Crippen LogP contribution in [0, 0.1) is 11.3 Å². The molecule has 0 spiro atoms. The lowest BCUT2D eigenvalue weighted by molar-refractivity contribution is 0.129. The van der Waals surface area contributed by atoms with Crippen molar-refractivity contribution in [1.82, 2.24) is 10.6 Å². The Kier molecular flexibility index (Phi) is 10.6. The molecule has 126 valence electrons. The van der Waals surface area contributed by atoms with Crippen molar-refractivity contribution in [2.24, 2.45) is 16.3 Å². The average molecular weight is 411 g/mol. The molecule has 0 amide bonds. The molecule has 1 fully saturated rings. The van der Waals surface area contributed by atoms with Gasteiger partial charge in [0.25, 0.3) is 0 Å². The summed E-state index contributed by atoms with van der Waals surface area (Å²) in [5.41, 5.74) is 0.415. The Labute approximate surface area is 147 Å². The Balaban J connectivity index is 0.00000400. The lowest BCUT2D eigenvalue weighted by Gasteiger charge is -2.21. The molecular formula is C16H34IN3O. The van der Waals surface area contributed by atoms with Crippen molar-refractivity contribution in [3.05, 3.63) is 0 Å². The fourth-order valence-electron chi connectivity index (χ4n) is 2.05. The molecule has 0 heterocycles. The molecule has 1 rings (SSSR count). The summed E-state index contributed by atoms with van der Waals surface area (Å²) in [6.45, 7) is 14.3. The highest BCUT2D eigenvalue weighted by atomic mass is 127. The molecule has 0 radical (unpaired) electrons. The number of aliphatic imine (C=N–C) groups is 1. The second-order valence-corrected chi connectivity index (χ2v) is 6.32. The molecule has 0 aliphatic heterocycles. The molecule has 1 aliphatic carbocycles. The summed E-state index contributed by atoms with van der Waals surface area (Å²) in [6.07, 6.45) is 3.73. The van der Waals surface area contributed by atoms with Crippen LogP contribution in [0.2, 0.25) is 0 Å². The van der Waals surface area contributed by atoms with Crippen LogP contribution in [-0.2, 0) is 4.74 Å². The van der Waals surface area contributed by atoms with Gasteiger partial charge in [-0.1, -0.05) is 13.8 Å². The molecule has 0 bridgehead atoms. The van der Waals surface area contributed by atoms with E-state index in [0.717, 1.165) is 38.7 Å². The first kappa shape index (κ1) is 21.0. The number of hydrogen-bond acceptors (Lipinski definition) is 2.